The molecule has 19 heavy (non-hydrogen) atoms. The van der Waals surface area contributed by atoms with E-state index in [1.807, 2.05) is 30.0 Å². The Morgan fingerprint density at radius 1 is 1.47 bits per heavy atom. The number of hydrogen-bond acceptors (Lipinski definition) is 5. The van der Waals surface area contributed by atoms with E-state index >= 15 is 0 Å². The first-order valence-corrected chi connectivity index (χ1v) is 7.52. The fraction of sp³-hybridized carbons (Fsp3) is 0.500. The standard InChI is InChI=1S/C14H19N3OS/c1-14(2)9-17(6-7-19-14)8-12-16-13-10(15)4-3-5-11(13)18-12/h3-5H,6-9,15H2,1-2H3. The van der Waals surface area contributed by atoms with Gasteiger partial charge in [0.1, 0.15) is 5.52 Å². The van der Waals surface area contributed by atoms with Crippen molar-refractivity contribution in [3.05, 3.63) is 24.1 Å². The molecule has 2 N–H and O–H groups in total. The number of nitrogens with two attached hydrogens (primary N) is 1. The van der Waals surface area contributed by atoms with Gasteiger partial charge in [-0.15, -0.1) is 0 Å². The summed E-state index contributed by atoms with van der Waals surface area (Å²) in [5.74, 6) is 1.92. The molecule has 0 aliphatic carbocycles. The van der Waals surface area contributed by atoms with Crippen molar-refractivity contribution in [1.29, 1.82) is 0 Å². The molecule has 1 aliphatic heterocycles. The topological polar surface area (TPSA) is 55.3 Å². The third kappa shape index (κ3) is 2.72. The maximum absolute atomic E-state index is 5.91. The molecule has 1 fully saturated rings. The summed E-state index contributed by atoms with van der Waals surface area (Å²) in [5.41, 5.74) is 8.15. The number of aromatic nitrogens is 1. The molecule has 1 aromatic heterocycles. The van der Waals surface area contributed by atoms with Crippen LogP contribution in [0.5, 0.6) is 0 Å². The highest BCUT2D eigenvalue weighted by Crippen LogP contribution is 2.30. The second-order valence-electron chi connectivity index (χ2n) is 5.62. The molecule has 2 aromatic rings. The molecule has 2 heterocycles. The quantitative estimate of drug-likeness (QED) is 0.855. The van der Waals surface area contributed by atoms with Gasteiger partial charge in [-0.25, -0.2) is 4.98 Å². The summed E-state index contributed by atoms with van der Waals surface area (Å²) in [6, 6.07) is 5.67. The van der Waals surface area contributed by atoms with Crippen LogP contribution in [0.1, 0.15) is 19.7 Å². The van der Waals surface area contributed by atoms with E-state index in [-0.39, 0.29) is 0 Å². The van der Waals surface area contributed by atoms with Gasteiger partial charge in [0, 0.05) is 23.6 Å². The molecule has 0 spiro atoms. The Morgan fingerprint density at radius 2 is 2.32 bits per heavy atom. The monoisotopic (exact) mass is 277 g/mol. The molecular weight excluding hydrogens is 258 g/mol. The summed E-state index contributed by atoms with van der Waals surface area (Å²) in [6.45, 7) is 7.48. The molecule has 0 bridgehead atoms. The molecule has 102 valence electrons. The van der Waals surface area contributed by atoms with Crippen LogP contribution in [-0.2, 0) is 6.54 Å². The average Bonchev–Trinajstić information content (AvgIpc) is 2.71. The second-order valence-corrected chi connectivity index (χ2v) is 7.42. The van der Waals surface area contributed by atoms with Crippen LogP contribution in [0.25, 0.3) is 11.1 Å². The minimum atomic E-state index is 0.309. The van der Waals surface area contributed by atoms with E-state index in [4.69, 9.17) is 10.2 Å². The summed E-state index contributed by atoms with van der Waals surface area (Å²) in [7, 11) is 0. The molecule has 5 heteroatoms. The van der Waals surface area contributed by atoms with E-state index in [9.17, 15) is 0 Å². The van der Waals surface area contributed by atoms with Crippen LogP contribution in [-0.4, -0.2) is 33.5 Å². The van der Waals surface area contributed by atoms with E-state index < -0.39 is 0 Å². The maximum atomic E-state index is 5.91. The van der Waals surface area contributed by atoms with Gasteiger partial charge in [0.15, 0.2) is 5.58 Å². The van der Waals surface area contributed by atoms with Crippen molar-refractivity contribution in [3.8, 4) is 0 Å². The first-order chi connectivity index (χ1) is 9.03. The smallest absolute Gasteiger partial charge is 0.209 e. The molecule has 0 amide bonds. The molecule has 0 unspecified atom stereocenters. The highest BCUT2D eigenvalue weighted by atomic mass is 32.2. The molecule has 3 rings (SSSR count). The van der Waals surface area contributed by atoms with Gasteiger partial charge >= 0.3 is 0 Å². The number of nitrogens with zero attached hydrogens (tertiary/aromatic N) is 2. The highest BCUT2D eigenvalue weighted by molar-refractivity contribution is 8.00. The van der Waals surface area contributed by atoms with Gasteiger partial charge in [0.25, 0.3) is 0 Å². The number of fused-ring (bicyclic) bond motifs is 1. The zero-order chi connectivity index (χ0) is 13.5. The Morgan fingerprint density at radius 3 is 3.05 bits per heavy atom. The summed E-state index contributed by atoms with van der Waals surface area (Å²) in [4.78, 5) is 6.91. The lowest BCUT2D eigenvalue weighted by Gasteiger charge is -2.36. The third-order valence-electron chi connectivity index (χ3n) is 3.36. The number of oxazole rings is 1. The predicted octanol–water partition coefficient (Wildman–Crippen LogP) is 2.74. The molecule has 1 saturated heterocycles. The van der Waals surface area contributed by atoms with Gasteiger partial charge in [0.2, 0.25) is 5.89 Å². The highest BCUT2D eigenvalue weighted by Gasteiger charge is 2.27. The van der Waals surface area contributed by atoms with Gasteiger partial charge in [-0.1, -0.05) is 6.07 Å². The minimum Gasteiger partial charge on any atom is -0.439 e. The first-order valence-electron chi connectivity index (χ1n) is 6.54. The van der Waals surface area contributed by atoms with Crippen LogP contribution in [0.4, 0.5) is 5.69 Å². The van der Waals surface area contributed by atoms with Crippen molar-refractivity contribution in [2.45, 2.75) is 25.1 Å². The molecule has 0 radical (unpaired) electrons. The summed E-state index contributed by atoms with van der Waals surface area (Å²) < 4.78 is 6.09. The first kappa shape index (κ1) is 12.8. The van der Waals surface area contributed by atoms with Gasteiger partial charge in [0.05, 0.1) is 12.2 Å². The van der Waals surface area contributed by atoms with E-state index in [0.29, 0.717) is 10.4 Å². The van der Waals surface area contributed by atoms with Crippen molar-refractivity contribution < 1.29 is 4.42 Å². The Bertz CT molecular complexity index is 593. The van der Waals surface area contributed by atoms with Crippen LogP contribution in [0.3, 0.4) is 0 Å². The van der Waals surface area contributed by atoms with Crippen molar-refractivity contribution in [1.82, 2.24) is 9.88 Å². The number of rotatable bonds is 2. The molecule has 4 nitrogen and oxygen atoms in total. The fourth-order valence-electron chi connectivity index (χ4n) is 2.52. The van der Waals surface area contributed by atoms with Crippen molar-refractivity contribution in [3.63, 3.8) is 0 Å². The van der Waals surface area contributed by atoms with Crippen LogP contribution < -0.4 is 5.73 Å². The molecule has 1 aliphatic rings. The normalized spacial score (nSPS) is 19.9. The van der Waals surface area contributed by atoms with E-state index in [1.54, 1.807) is 0 Å². The predicted molar refractivity (Wildman–Crippen MR) is 80.2 cm³/mol. The number of hydrogen-bond donors (Lipinski definition) is 1. The summed E-state index contributed by atoms with van der Waals surface area (Å²) in [5, 5.41) is 0. The van der Waals surface area contributed by atoms with Gasteiger partial charge in [-0.05, 0) is 26.0 Å². The molecule has 1 aromatic carbocycles. The van der Waals surface area contributed by atoms with Gasteiger partial charge in [-0.3, -0.25) is 4.90 Å². The number of nitrogen functional groups attached to an aromatic ring is 1. The van der Waals surface area contributed by atoms with Gasteiger partial charge in [-0.2, -0.15) is 11.8 Å². The zero-order valence-corrected chi connectivity index (χ0v) is 12.2. The lowest BCUT2D eigenvalue weighted by atomic mass is 10.2. The van der Waals surface area contributed by atoms with E-state index in [2.05, 4.69) is 23.7 Å². The van der Waals surface area contributed by atoms with E-state index in [1.165, 1.54) is 0 Å². The zero-order valence-electron chi connectivity index (χ0n) is 11.3. The Kier molecular flexibility index (Phi) is 3.19. The van der Waals surface area contributed by atoms with Crippen molar-refractivity contribution in [2.75, 3.05) is 24.6 Å². The largest absolute Gasteiger partial charge is 0.439 e. The second kappa shape index (κ2) is 4.72. The van der Waals surface area contributed by atoms with Crippen molar-refractivity contribution in [2.24, 2.45) is 0 Å². The Labute approximate surface area is 117 Å². The van der Waals surface area contributed by atoms with Crippen molar-refractivity contribution >= 4 is 28.5 Å². The maximum Gasteiger partial charge on any atom is 0.209 e. The number of benzene rings is 1. The van der Waals surface area contributed by atoms with Crippen LogP contribution in [0.2, 0.25) is 0 Å². The summed E-state index contributed by atoms with van der Waals surface area (Å²) >= 11 is 2.03. The molecular formula is C14H19N3OS. The van der Waals surface area contributed by atoms with Crippen LogP contribution in [0, 0.1) is 0 Å². The average molecular weight is 277 g/mol. The number of anilines is 1. The Balaban J connectivity index is 1.80. The van der Waals surface area contributed by atoms with Crippen LogP contribution >= 0.6 is 11.8 Å². The fourth-order valence-corrected chi connectivity index (χ4v) is 3.70. The third-order valence-corrected chi connectivity index (χ3v) is 4.66. The van der Waals surface area contributed by atoms with Gasteiger partial charge < -0.3 is 10.2 Å². The lowest BCUT2D eigenvalue weighted by Crippen LogP contribution is -2.42. The SMILES string of the molecule is CC1(C)CN(Cc2nc3c(N)cccc3o2)CCS1. The molecule has 0 atom stereocenters. The van der Waals surface area contributed by atoms with Crippen LogP contribution in [0.15, 0.2) is 22.6 Å². The number of thioether (sulfide) groups is 1. The lowest BCUT2D eigenvalue weighted by molar-refractivity contribution is 0.231. The van der Waals surface area contributed by atoms with E-state index in [0.717, 1.165) is 42.4 Å². The Hall–Kier alpha value is -1.20. The number of para-hydroxylation sites is 1. The minimum absolute atomic E-state index is 0.309. The molecule has 0 saturated carbocycles. The summed E-state index contributed by atoms with van der Waals surface area (Å²) in [6.07, 6.45) is 0.